The Morgan fingerprint density at radius 2 is 2.10 bits per heavy atom. The molecule has 1 aliphatic rings. The van der Waals surface area contributed by atoms with E-state index in [1.807, 2.05) is 6.92 Å². The predicted octanol–water partition coefficient (Wildman–Crippen LogP) is 3.65. The number of esters is 1. The van der Waals surface area contributed by atoms with Crippen molar-refractivity contribution in [1.29, 1.82) is 0 Å². The van der Waals surface area contributed by atoms with Crippen molar-refractivity contribution in [2.45, 2.75) is 58.5 Å². The molecule has 0 N–H and O–H groups in total. The Hall–Kier alpha value is -1.51. The molecule has 0 saturated carbocycles. The second kappa shape index (κ2) is 5.12. The summed E-state index contributed by atoms with van der Waals surface area (Å²) in [4.78, 5) is 14.3. The Kier molecular flexibility index (Phi) is 3.81. The van der Waals surface area contributed by atoms with Crippen LogP contribution in [0.25, 0.3) is 0 Å². The molecule has 1 aliphatic heterocycles. The summed E-state index contributed by atoms with van der Waals surface area (Å²) in [5.41, 5.74) is 3.69. The first-order chi connectivity index (χ1) is 9.29. The van der Waals surface area contributed by atoms with Gasteiger partial charge in [0.15, 0.2) is 0 Å². The molecule has 2 atom stereocenters. The molecule has 1 heterocycles. The third-order valence-electron chi connectivity index (χ3n) is 4.43. The van der Waals surface area contributed by atoms with E-state index in [9.17, 15) is 4.79 Å². The van der Waals surface area contributed by atoms with E-state index in [0.29, 0.717) is 5.92 Å². The maximum atomic E-state index is 12.0. The van der Waals surface area contributed by atoms with Crippen molar-refractivity contribution in [3.05, 3.63) is 29.3 Å². The summed E-state index contributed by atoms with van der Waals surface area (Å²) in [7, 11) is 1.46. The molecule has 1 aromatic carbocycles. The number of hydrogen-bond acceptors (Lipinski definition) is 3. The molecule has 110 valence electrons. The van der Waals surface area contributed by atoms with Gasteiger partial charge in [-0.25, -0.2) is 4.79 Å². The lowest BCUT2D eigenvalue weighted by molar-refractivity contribution is -0.142. The zero-order valence-corrected chi connectivity index (χ0v) is 13.4. The Labute approximate surface area is 121 Å². The van der Waals surface area contributed by atoms with Crippen LogP contribution in [-0.4, -0.2) is 24.7 Å². The van der Waals surface area contributed by atoms with Crippen LogP contribution in [0.5, 0.6) is 0 Å². The van der Waals surface area contributed by atoms with E-state index in [0.717, 1.165) is 6.42 Å². The lowest BCUT2D eigenvalue weighted by atomic mass is 9.78. The van der Waals surface area contributed by atoms with E-state index >= 15 is 0 Å². The first-order valence-electron chi connectivity index (χ1n) is 7.26. The molecule has 0 aliphatic carbocycles. The van der Waals surface area contributed by atoms with Crippen molar-refractivity contribution in [3.8, 4) is 0 Å². The number of hydrogen-bond donors (Lipinski definition) is 0. The van der Waals surface area contributed by atoms with Gasteiger partial charge in [-0.15, -0.1) is 0 Å². The van der Waals surface area contributed by atoms with Crippen molar-refractivity contribution >= 4 is 11.7 Å². The van der Waals surface area contributed by atoms with E-state index in [4.69, 9.17) is 4.74 Å². The minimum absolute atomic E-state index is 0.0634. The first kappa shape index (κ1) is 14.9. The first-order valence-corrected chi connectivity index (χ1v) is 7.26. The fraction of sp³-hybridized carbons (Fsp3) is 0.588. The van der Waals surface area contributed by atoms with Gasteiger partial charge in [0.25, 0.3) is 0 Å². The highest BCUT2D eigenvalue weighted by molar-refractivity contribution is 5.82. The Morgan fingerprint density at radius 1 is 1.45 bits per heavy atom. The van der Waals surface area contributed by atoms with Crippen molar-refractivity contribution in [2.24, 2.45) is 0 Å². The summed E-state index contributed by atoms with van der Waals surface area (Å²) >= 11 is 0. The monoisotopic (exact) mass is 275 g/mol. The van der Waals surface area contributed by atoms with Crippen LogP contribution < -0.4 is 4.90 Å². The number of fused-ring (bicyclic) bond motifs is 1. The van der Waals surface area contributed by atoms with Gasteiger partial charge >= 0.3 is 5.97 Å². The second-order valence-electron chi connectivity index (χ2n) is 6.50. The summed E-state index contributed by atoms with van der Waals surface area (Å²) in [6, 6.07) is 6.12. The van der Waals surface area contributed by atoms with Crippen molar-refractivity contribution < 1.29 is 9.53 Å². The smallest absolute Gasteiger partial charge is 0.328 e. The molecule has 1 aromatic rings. The third-order valence-corrected chi connectivity index (χ3v) is 4.43. The van der Waals surface area contributed by atoms with Gasteiger partial charge in [-0.3, -0.25) is 0 Å². The fourth-order valence-electron chi connectivity index (χ4n) is 3.66. The van der Waals surface area contributed by atoms with Crippen LogP contribution in [0.15, 0.2) is 18.2 Å². The number of carbonyl (C=O) groups excluding carboxylic acids is 1. The average molecular weight is 275 g/mol. The standard InChI is InChI=1S/C17H25NO2/c1-11-8-7-9-14-12(2)10-17(4,5)18(15(11)14)13(3)16(19)20-6/h7-9,12-13H,10H2,1-6H3/t12-,13+/m0/s1. The third kappa shape index (κ3) is 2.30. The Morgan fingerprint density at radius 3 is 2.70 bits per heavy atom. The van der Waals surface area contributed by atoms with Gasteiger partial charge in [-0.05, 0) is 51.2 Å². The average Bonchev–Trinajstić information content (AvgIpc) is 2.37. The van der Waals surface area contributed by atoms with E-state index in [-0.39, 0.29) is 17.6 Å². The molecule has 0 unspecified atom stereocenters. The number of anilines is 1. The highest BCUT2D eigenvalue weighted by Crippen LogP contribution is 2.45. The molecule has 3 heteroatoms. The number of methoxy groups -OCH3 is 1. The molecule has 0 spiro atoms. The molecule has 0 amide bonds. The zero-order chi connectivity index (χ0) is 15.1. The summed E-state index contributed by atoms with van der Waals surface area (Å²) in [6.45, 7) is 10.7. The lowest BCUT2D eigenvalue weighted by Crippen LogP contribution is -2.55. The van der Waals surface area contributed by atoms with Gasteiger partial charge < -0.3 is 9.64 Å². The van der Waals surface area contributed by atoms with Crippen LogP contribution in [0.3, 0.4) is 0 Å². The Balaban J connectivity index is 2.59. The van der Waals surface area contributed by atoms with Crippen molar-refractivity contribution in [1.82, 2.24) is 0 Å². The van der Waals surface area contributed by atoms with Crippen LogP contribution >= 0.6 is 0 Å². The summed E-state index contributed by atoms with van der Waals surface area (Å²) in [5.74, 6) is 0.322. The van der Waals surface area contributed by atoms with Crippen molar-refractivity contribution in [2.75, 3.05) is 12.0 Å². The molecular formula is C17H25NO2. The van der Waals surface area contributed by atoms with Crippen molar-refractivity contribution in [3.63, 3.8) is 0 Å². The highest BCUT2D eigenvalue weighted by atomic mass is 16.5. The number of ether oxygens (including phenoxy) is 1. The highest BCUT2D eigenvalue weighted by Gasteiger charge is 2.41. The second-order valence-corrected chi connectivity index (χ2v) is 6.50. The van der Waals surface area contributed by atoms with Gasteiger partial charge in [-0.1, -0.05) is 25.1 Å². The maximum absolute atomic E-state index is 12.0. The number of carbonyl (C=O) groups is 1. The SMILES string of the molecule is COC(=O)[C@@H](C)N1c2c(C)cccc2[C@@H](C)CC1(C)C. The molecule has 0 bridgehead atoms. The molecule has 0 saturated heterocycles. The zero-order valence-electron chi connectivity index (χ0n) is 13.4. The number of rotatable bonds is 2. The summed E-state index contributed by atoms with van der Waals surface area (Å²) in [6.07, 6.45) is 1.03. The maximum Gasteiger partial charge on any atom is 0.328 e. The van der Waals surface area contributed by atoms with E-state index in [2.05, 4.69) is 50.8 Å². The van der Waals surface area contributed by atoms with Gasteiger partial charge in [0.1, 0.15) is 6.04 Å². The minimum Gasteiger partial charge on any atom is -0.467 e. The normalized spacial score (nSPS) is 22.1. The summed E-state index contributed by atoms with van der Waals surface area (Å²) in [5, 5.41) is 0. The van der Waals surface area contributed by atoms with Gasteiger partial charge in [-0.2, -0.15) is 0 Å². The Bertz CT molecular complexity index is 522. The number of nitrogens with zero attached hydrogens (tertiary/aromatic N) is 1. The predicted molar refractivity (Wildman–Crippen MR) is 82.2 cm³/mol. The molecule has 20 heavy (non-hydrogen) atoms. The van der Waals surface area contributed by atoms with E-state index < -0.39 is 0 Å². The molecule has 2 rings (SSSR count). The number of aryl methyl sites for hydroxylation is 1. The quantitative estimate of drug-likeness (QED) is 0.772. The van der Waals surface area contributed by atoms with Gasteiger partial charge in [0.2, 0.25) is 0 Å². The van der Waals surface area contributed by atoms with E-state index in [1.54, 1.807) is 0 Å². The van der Waals surface area contributed by atoms with Crippen LogP contribution in [0, 0.1) is 6.92 Å². The van der Waals surface area contributed by atoms with Crippen LogP contribution in [0.1, 0.15) is 51.2 Å². The molecule has 0 aromatic heterocycles. The van der Waals surface area contributed by atoms with Crippen LogP contribution in [0.2, 0.25) is 0 Å². The number of benzene rings is 1. The number of para-hydroxylation sites is 1. The minimum atomic E-state index is -0.276. The van der Waals surface area contributed by atoms with Crippen LogP contribution in [-0.2, 0) is 9.53 Å². The van der Waals surface area contributed by atoms with E-state index in [1.165, 1.54) is 23.9 Å². The van der Waals surface area contributed by atoms with Gasteiger partial charge in [0.05, 0.1) is 7.11 Å². The summed E-state index contributed by atoms with van der Waals surface area (Å²) < 4.78 is 4.96. The molecule has 0 radical (unpaired) electrons. The van der Waals surface area contributed by atoms with Gasteiger partial charge in [0, 0.05) is 11.2 Å². The van der Waals surface area contributed by atoms with Crippen LogP contribution in [0.4, 0.5) is 5.69 Å². The topological polar surface area (TPSA) is 29.5 Å². The fourth-order valence-corrected chi connectivity index (χ4v) is 3.66. The molecule has 0 fully saturated rings. The molecule has 3 nitrogen and oxygen atoms in total. The lowest BCUT2D eigenvalue weighted by Gasteiger charge is -2.50. The largest absolute Gasteiger partial charge is 0.467 e. The molecular weight excluding hydrogens is 250 g/mol.